The molecule has 29 heavy (non-hydrogen) atoms. The van der Waals surface area contributed by atoms with E-state index < -0.39 is 0 Å². The highest BCUT2D eigenvalue weighted by Gasteiger charge is 2.59. The smallest absolute Gasteiger partial charge is 0.244 e. The molecule has 0 aromatic heterocycles. The molecule has 1 heterocycles. The van der Waals surface area contributed by atoms with E-state index in [1.54, 1.807) is 18.2 Å². The minimum atomic E-state index is -0.196. The zero-order valence-electron chi connectivity index (χ0n) is 16.4. The maximum Gasteiger partial charge on any atom is 0.244 e. The zero-order chi connectivity index (χ0) is 20.0. The number of rotatable bonds is 4. The summed E-state index contributed by atoms with van der Waals surface area (Å²) in [5.74, 6) is -0.221. The van der Waals surface area contributed by atoms with Gasteiger partial charge < -0.3 is 5.32 Å². The van der Waals surface area contributed by atoms with Crippen molar-refractivity contribution in [1.82, 2.24) is 5.32 Å². The minimum absolute atomic E-state index is 0.0759. The van der Waals surface area contributed by atoms with Crippen LogP contribution in [-0.4, -0.2) is 23.8 Å². The molecular formula is C24H26N2O3. The van der Waals surface area contributed by atoms with E-state index in [-0.39, 0.29) is 47.4 Å². The fourth-order valence-electron chi connectivity index (χ4n) is 5.59. The van der Waals surface area contributed by atoms with Crippen LogP contribution < -0.4 is 10.2 Å². The second-order valence-electron chi connectivity index (χ2n) is 8.78. The average molecular weight is 390 g/mol. The summed E-state index contributed by atoms with van der Waals surface area (Å²) in [6.07, 6.45) is 14.1. The summed E-state index contributed by atoms with van der Waals surface area (Å²) in [6, 6.07) is 7.60. The number of allylic oxidation sites excluding steroid dienone is 2. The molecule has 1 aromatic rings. The Bertz CT molecular complexity index is 882. The average Bonchev–Trinajstić information content (AvgIpc) is 3.41. The lowest BCUT2D eigenvalue weighted by Gasteiger charge is -2.21. The monoisotopic (exact) mass is 390 g/mol. The van der Waals surface area contributed by atoms with E-state index in [4.69, 9.17) is 0 Å². The normalized spacial score (nSPS) is 31.1. The molecule has 5 heteroatoms. The van der Waals surface area contributed by atoms with E-state index in [2.05, 4.69) is 17.5 Å². The molecule has 150 valence electrons. The quantitative estimate of drug-likeness (QED) is 0.486. The molecule has 0 spiro atoms. The number of anilines is 1. The van der Waals surface area contributed by atoms with Crippen LogP contribution >= 0.6 is 0 Å². The number of carbonyl (C=O) groups excluding carboxylic acids is 3. The topological polar surface area (TPSA) is 66.5 Å². The Labute approximate surface area is 170 Å². The molecule has 1 N–H and O–H groups in total. The van der Waals surface area contributed by atoms with Crippen LogP contribution in [0.2, 0.25) is 0 Å². The van der Waals surface area contributed by atoms with Crippen molar-refractivity contribution in [1.29, 1.82) is 0 Å². The van der Waals surface area contributed by atoms with E-state index in [0.29, 0.717) is 5.69 Å². The molecule has 1 aliphatic heterocycles. The Hall–Kier alpha value is -2.69. The molecule has 3 amide bonds. The first kappa shape index (κ1) is 18.3. The molecular weight excluding hydrogens is 364 g/mol. The van der Waals surface area contributed by atoms with Crippen molar-refractivity contribution in [3.8, 4) is 0 Å². The fourth-order valence-corrected chi connectivity index (χ4v) is 5.59. The highest BCUT2D eigenvalue weighted by Crippen LogP contribution is 2.53. The van der Waals surface area contributed by atoms with E-state index in [1.165, 1.54) is 24.2 Å². The maximum absolute atomic E-state index is 13.0. The van der Waals surface area contributed by atoms with Gasteiger partial charge in [0.05, 0.1) is 17.5 Å². The molecule has 3 aliphatic carbocycles. The number of amides is 3. The first-order chi connectivity index (χ1) is 14.1. The summed E-state index contributed by atoms with van der Waals surface area (Å²) in [4.78, 5) is 39.5. The zero-order valence-corrected chi connectivity index (χ0v) is 16.4. The van der Waals surface area contributed by atoms with Gasteiger partial charge in [-0.3, -0.25) is 14.4 Å². The van der Waals surface area contributed by atoms with Gasteiger partial charge >= 0.3 is 0 Å². The molecule has 1 saturated heterocycles. The molecule has 4 unspecified atom stereocenters. The summed E-state index contributed by atoms with van der Waals surface area (Å²) < 4.78 is 0. The standard InChI is InChI=1S/C24H26N2O3/c27-20(25-18-6-2-1-3-7-18)12-9-15-5-4-8-19(13-15)26-23(28)21-16-10-11-17(14-16)22(21)24(26)29/h4-5,8-13,16-18,21-22H,1-3,6-7,14H2,(H,25,27). The Morgan fingerprint density at radius 1 is 1.00 bits per heavy atom. The first-order valence-corrected chi connectivity index (χ1v) is 10.8. The van der Waals surface area contributed by atoms with E-state index in [1.807, 2.05) is 18.2 Å². The van der Waals surface area contributed by atoms with Gasteiger partial charge in [-0.2, -0.15) is 0 Å². The number of hydrogen-bond acceptors (Lipinski definition) is 3. The van der Waals surface area contributed by atoms with Crippen LogP contribution in [0.15, 0.2) is 42.5 Å². The van der Waals surface area contributed by atoms with Crippen molar-refractivity contribution < 1.29 is 14.4 Å². The molecule has 3 fully saturated rings. The summed E-state index contributed by atoms with van der Waals surface area (Å²) in [5, 5.41) is 3.07. The number of nitrogens with one attached hydrogen (secondary N) is 1. The van der Waals surface area contributed by atoms with Gasteiger partial charge in [0, 0.05) is 12.1 Å². The van der Waals surface area contributed by atoms with Crippen molar-refractivity contribution in [3.63, 3.8) is 0 Å². The van der Waals surface area contributed by atoms with Crippen LogP contribution in [0, 0.1) is 23.7 Å². The van der Waals surface area contributed by atoms with Gasteiger partial charge in [-0.15, -0.1) is 0 Å². The lowest BCUT2D eigenvalue weighted by atomic mass is 9.85. The van der Waals surface area contributed by atoms with Crippen molar-refractivity contribution in [2.75, 3.05) is 4.90 Å². The fraction of sp³-hybridized carbons (Fsp3) is 0.458. The summed E-state index contributed by atoms with van der Waals surface area (Å²) in [5.41, 5.74) is 1.41. The van der Waals surface area contributed by atoms with Gasteiger partial charge in [-0.1, -0.05) is 43.5 Å². The molecule has 1 aromatic carbocycles. The van der Waals surface area contributed by atoms with E-state index in [0.717, 1.165) is 24.8 Å². The molecule has 5 nitrogen and oxygen atoms in total. The van der Waals surface area contributed by atoms with E-state index >= 15 is 0 Å². The van der Waals surface area contributed by atoms with Gasteiger partial charge in [0.25, 0.3) is 0 Å². The largest absolute Gasteiger partial charge is 0.350 e. The molecule has 5 rings (SSSR count). The first-order valence-electron chi connectivity index (χ1n) is 10.8. The van der Waals surface area contributed by atoms with Gasteiger partial charge in [0.2, 0.25) is 17.7 Å². The second kappa shape index (κ2) is 7.29. The Morgan fingerprint density at radius 3 is 2.38 bits per heavy atom. The van der Waals surface area contributed by atoms with Crippen LogP contribution in [0.3, 0.4) is 0 Å². The van der Waals surface area contributed by atoms with Crippen molar-refractivity contribution >= 4 is 29.5 Å². The highest BCUT2D eigenvalue weighted by atomic mass is 16.2. The molecule has 4 aliphatic rings. The van der Waals surface area contributed by atoms with Crippen molar-refractivity contribution in [2.45, 2.75) is 44.6 Å². The predicted octanol–water partition coefficient (Wildman–Crippen LogP) is 3.46. The molecule has 0 radical (unpaired) electrons. The molecule has 2 bridgehead atoms. The Balaban J connectivity index is 1.29. The van der Waals surface area contributed by atoms with Crippen LogP contribution in [0.1, 0.15) is 44.1 Å². The maximum atomic E-state index is 13.0. The van der Waals surface area contributed by atoms with Crippen molar-refractivity contribution in [3.05, 3.63) is 48.1 Å². The Kier molecular flexibility index (Phi) is 4.61. The number of hydrogen-bond donors (Lipinski definition) is 1. The summed E-state index contributed by atoms with van der Waals surface area (Å²) in [7, 11) is 0. The number of carbonyl (C=O) groups is 3. The third kappa shape index (κ3) is 3.22. The lowest BCUT2D eigenvalue weighted by Crippen LogP contribution is -2.34. The number of imide groups is 1. The predicted molar refractivity (Wildman–Crippen MR) is 111 cm³/mol. The highest BCUT2D eigenvalue weighted by molar-refractivity contribution is 6.22. The van der Waals surface area contributed by atoms with Crippen molar-refractivity contribution in [2.24, 2.45) is 23.7 Å². The number of benzene rings is 1. The molecule has 4 atom stereocenters. The second-order valence-corrected chi connectivity index (χ2v) is 8.78. The third-order valence-electron chi connectivity index (χ3n) is 6.98. The van der Waals surface area contributed by atoms with Crippen LogP contribution in [-0.2, 0) is 14.4 Å². The van der Waals surface area contributed by atoms with Gasteiger partial charge in [-0.25, -0.2) is 4.90 Å². The summed E-state index contributed by atoms with van der Waals surface area (Å²) >= 11 is 0. The van der Waals surface area contributed by atoms with Gasteiger partial charge in [-0.05, 0) is 54.9 Å². The van der Waals surface area contributed by atoms with Crippen LogP contribution in [0.25, 0.3) is 6.08 Å². The van der Waals surface area contributed by atoms with Gasteiger partial charge in [0.1, 0.15) is 0 Å². The number of fused-ring (bicyclic) bond motifs is 5. The number of nitrogens with zero attached hydrogens (tertiary/aromatic N) is 1. The SMILES string of the molecule is O=C(C=Cc1cccc(N2C(=O)C3C4C=CC(C4)C3C2=O)c1)NC1CCCCC1. The van der Waals surface area contributed by atoms with Gasteiger partial charge in [0.15, 0.2) is 0 Å². The van der Waals surface area contributed by atoms with Crippen LogP contribution in [0.4, 0.5) is 5.69 Å². The Morgan fingerprint density at radius 2 is 1.69 bits per heavy atom. The van der Waals surface area contributed by atoms with Crippen LogP contribution in [0.5, 0.6) is 0 Å². The minimum Gasteiger partial charge on any atom is -0.350 e. The third-order valence-corrected chi connectivity index (χ3v) is 6.98. The van der Waals surface area contributed by atoms with E-state index in [9.17, 15) is 14.4 Å². The summed E-state index contributed by atoms with van der Waals surface area (Å²) in [6.45, 7) is 0. The molecule has 2 saturated carbocycles. The lowest BCUT2D eigenvalue weighted by molar-refractivity contribution is -0.123.